The smallest absolute Gasteiger partial charge is 0.261 e. The average Bonchev–Trinajstić information content (AvgIpc) is 3.20. The zero-order chi connectivity index (χ0) is 18.3. The van der Waals surface area contributed by atoms with Crippen LogP contribution in [-0.4, -0.2) is 48.9 Å². The van der Waals surface area contributed by atoms with Crippen LogP contribution in [0, 0.1) is 0 Å². The monoisotopic (exact) mass is 367 g/mol. The Morgan fingerprint density at radius 2 is 1.81 bits per heavy atom. The van der Waals surface area contributed by atoms with Gasteiger partial charge in [-0.3, -0.25) is 14.5 Å². The van der Waals surface area contributed by atoms with Crippen LogP contribution in [0.3, 0.4) is 0 Å². The molecule has 1 aromatic heterocycles. The van der Waals surface area contributed by atoms with Crippen molar-refractivity contribution >= 4 is 38.5 Å². The number of ether oxygens (including phenoxy) is 1. The minimum absolute atomic E-state index is 0.229. The Kier molecular flexibility index (Phi) is 4.08. The fourth-order valence-electron chi connectivity index (χ4n) is 2.97. The first kappa shape index (κ1) is 16.5. The molecule has 26 heavy (non-hydrogen) atoms. The predicted octanol–water partition coefficient (Wildman–Crippen LogP) is 3.04. The molecule has 2 aromatic carbocycles. The van der Waals surface area contributed by atoms with Gasteiger partial charge in [0.15, 0.2) is 5.13 Å². The number of carbonyl (C=O) groups is 2. The molecule has 0 atom stereocenters. The van der Waals surface area contributed by atoms with Gasteiger partial charge < -0.3 is 9.64 Å². The van der Waals surface area contributed by atoms with Crippen LogP contribution >= 0.6 is 11.3 Å². The summed E-state index contributed by atoms with van der Waals surface area (Å²) in [4.78, 5) is 32.7. The van der Waals surface area contributed by atoms with E-state index in [-0.39, 0.29) is 11.8 Å². The third kappa shape index (κ3) is 2.70. The molecular formula is C19H17N3O3S. The molecule has 0 saturated carbocycles. The fourth-order valence-corrected chi connectivity index (χ4v) is 3.95. The summed E-state index contributed by atoms with van der Waals surface area (Å²) in [6.45, 7) is 0.838. The average molecular weight is 367 g/mol. The molecule has 132 valence electrons. The first-order valence-electron chi connectivity index (χ1n) is 8.19. The first-order valence-corrected chi connectivity index (χ1v) is 9.01. The Labute approximate surface area is 154 Å². The van der Waals surface area contributed by atoms with Crippen LogP contribution in [0.4, 0.5) is 5.13 Å². The molecular weight excluding hydrogens is 350 g/mol. The van der Waals surface area contributed by atoms with Gasteiger partial charge in [-0.05, 0) is 30.3 Å². The summed E-state index contributed by atoms with van der Waals surface area (Å²) in [5.41, 5.74) is 1.86. The highest BCUT2D eigenvalue weighted by Gasteiger charge is 2.34. The number of hydrogen-bond acceptors (Lipinski definition) is 6. The first-order chi connectivity index (χ1) is 12.6. The quantitative estimate of drug-likeness (QED) is 0.649. The van der Waals surface area contributed by atoms with Crippen LogP contribution in [0.1, 0.15) is 20.7 Å². The molecule has 3 aromatic rings. The third-order valence-electron chi connectivity index (χ3n) is 4.45. The van der Waals surface area contributed by atoms with Gasteiger partial charge in [-0.2, -0.15) is 0 Å². The highest BCUT2D eigenvalue weighted by atomic mass is 32.1. The van der Waals surface area contributed by atoms with Crippen molar-refractivity contribution in [3.05, 3.63) is 53.6 Å². The summed E-state index contributed by atoms with van der Waals surface area (Å²) in [5.74, 6) is 0.336. The molecule has 0 unspecified atom stereocenters. The Hall–Kier alpha value is -2.93. The largest absolute Gasteiger partial charge is 0.497 e. The lowest BCUT2D eigenvalue weighted by molar-refractivity contribution is 0.0658. The van der Waals surface area contributed by atoms with Gasteiger partial charge in [-0.25, -0.2) is 4.98 Å². The normalized spacial score (nSPS) is 13.4. The van der Waals surface area contributed by atoms with Crippen molar-refractivity contribution in [3.8, 4) is 5.75 Å². The molecule has 6 nitrogen and oxygen atoms in total. The number of methoxy groups -OCH3 is 1. The molecule has 0 spiro atoms. The number of likely N-dealkylation sites (N-methyl/N-ethyl adjacent to an activating group) is 1. The number of imide groups is 1. The van der Waals surface area contributed by atoms with E-state index < -0.39 is 0 Å². The lowest BCUT2D eigenvalue weighted by atomic mass is 10.1. The Balaban J connectivity index is 1.48. The van der Waals surface area contributed by atoms with Crippen molar-refractivity contribution in [2.75, 3.05) is 32.1 Å². The summed E-state index contributed by atoms with van der Waals surface area (Å²) >= 11 is 1.55. The molecule has 4 rings (SSSR count). The number of thiazole rings is 1. The van der Waals surface area contributed by atoms with Gasteiger partial charge in [0, 0.05) is 20.1 Å². The molecule has 0 aliphatic carbocycles. The van der Waals surface area contributed by atoms with Crippen LogP contribution in [0.5, 0.6) is 5.75 Å². The van der Waals surface area contributed by atoms with E-state index in [0.29, 0.717) is 24.2 Å². The number of rotatable bonds is 5. The Bertz CT molecular complexity index is 979. The second-order valence-corrected chi connectivity index (χ2v) is 7.07. The maximum absolute atomic E-state index is 12.4. The Morgan fingerprint density at radius 3 is 2.46 bits per heavy atom. The molecule has 0 fully saturated rings. The molecule has 1 aliphatic heterocycles. The van der Waals surface area contributed by atoms with E-state index >= 15 is 0 Å². The minimum atomic E-state index is -0.229. The predicted molar refractivity (Wildman–Crippen MR) is 101 cm³/mol. The maximum atomic E-state index is 12.4. The number of fused-ring (bicyclic) bond motifs is 2. The number of benzene rings is 2. The number of nitrogens with zero attached hydrogens (tertiary/aromatic N) is 3. The third-order valence-corrected chi connectivity index (χ3v) is 5.58. The van der Waals surface area contributed by atoms with E-state index in [2.05, 4.69) is 4.98 Å². The highest BCUT2D eigenvalue weighted by Crippen LogP contribution is 2.31. The van der Waals surface area contributed by atoms with Crippen molar-refractivity contribution < 1.29 is 14.3 Å². The van der Waals surface area contributed by atoms with Gasteiger partial charge in [0.2, 0.25) is 0 Å². The molecule has 1 aliphatic rings. The van der Waals surface area contributed by atoms with E-state index in [9.17, 15) is 9.59 Å². The summed E-state index contributed by atoms with van der Waals surface area (Å²) in [6, 6.07) is 12.7. The lowest BCUT2D eigenvalue weighted by Crippen LogP contribution is -2.37. The lowest BCUT2D eigenvalue weighted by Gasteiger charge is -2.20. The maximum Gasteiger partial charge on any atom is 0.261 e. The molecule has 0 bridgehead atoms. The zero-order valence-corrected chi connectivity index (χ0v) is 15.2. The van der Waals surface area contributed by atoms with Gasteiger partial charge in [0.1, 0.15) is 5.75 Å². The van der Waals surface area contributed by atoms with Crippen molar-refractivity contribution in [3.63, 3.8) is 0 Å². The summed E-state index contributed by atoms with van der Waals surface area (Å²) in [6.07, 6.45) is 0. The molecule has 2 heterocycles. The second kappa shape index (κ2) is 6.42. The molecule has 2 amide bonds. The summed E-state index contributed by atoms with van der Waals surface area (Å²) < 4.78 is 6.28. The van der Waals surface area contributed by atoms with Crippen LogP contribution < -0.4 is 9.64 Å². The fraction of sp³-hybridized carbons (Fsp3) is 0.211. The highest BCUT2D eigenvalue weighted by molar-refractivity contribution is 7.22. The number of carbonyl (C=O) groups excluding carboxylic acids is 2. The van der Waals surface area contributed by atoms with Crippen LogP contribution in [-0.2, 0) is 0 Å². The van der Waals surface area contributed by atoms with Gasteiger partial charge >= 0.3 is 0 Å². The number of hydrogen-bond donors (Lipinski definition) is 0. The van der Waals surface area contributed by atoms with E-state index in [4.69, 9.17) is 4.74 Å². The van der Waals surface area contributed by atoms with Crippen molar-refractivity contribution in [1.82, 2.24) is 9.88 Å². The van der Waals surface area contributed by atoms with Crippen molar-refractivity contribution in [2.45, 2.75) is 0 Å². The molecule has 0 radical (unpaired) electrons. The van der Waals surface area contributed by atoms with Gasteiger partial charge in [0.05, 0.1) is 28.5 Å². The van der Waals surface area contributed by atoms with E-state index in [1.165, 1.54) is 4.90 Å². The SMILES string of the molecule is COc1ccc2nc(N(C)CCN3C(=O)c4ccccc4C3=O)sc2c1. The summed E-state index contributed by atoms with van der Waals surface area (Å²) in [7, 11) is 3.55. The molecule has 0 N–H and O–H groups in total. The molecule has 7 heteroatoms. The summed E-state index contributed by atoms with van der Waals surface area (Å²) in [5, 5.41) is 0.838. The molecule has 0 saturated heterocycles. The van der Waals surface area contributed by atoms with Gasteiger partial charge in [-0.15, -0.1) is 0 Å². The van der Waals surface area contributed by atoms with Gasteiger partial charge in [0.25, 0.3) is 11.8 Å². The van der Waals surface area contributed by atoms with Gasteiger partial charge in [-0.1, -0.05) is 23.5 Å². The number of amides is 2. The van der Waals surface area contributed by atoms with Crippen molar-refractivity contribution in [2.24, 2.45) is 0 Å². The van der Waals surface area contributed by atoms with E-state index in [1.54, 1.807) is 42.7 Å². The Morgan fingerprint density at radius 1 is 1.12 bits per heavy atom. The minimum Gasteiger partial charge on any atom is -0.497 e. The van der Waals surface area contributed by atoms with E-state index in [0.717, 1.165) is 21.1 Å². The zero-order valence-electron chi connectivity index (χ0n) is 14.4. The second-order valence-electron chi connectivity index (χ2n) is 6.06. The number of anilines is 1. The van der Waals surface area contributed by atoms with E-state index in [1.807, 2.05) is 30.1 Å². The van der Waals surface area contributed by atoms with Crippen LogP contribution in [0.15, 0.2) is 42.5 Å². The van der Waals surface area contributed by atoms with Crippen LogP contribution in [0.25, 0.3) is 10.2 Å². The van der Waals surface area contributed by atoms with Crippen molar-refractivity contribution in [1.29, 1.82) is 0 Å². The topological polar surface area (TPSA) is 62.7 Å². The van der Waals surface area contributed by atoms with Crippen LogP contribution in [0.2, 0.25) is 0 Å². The standard InChI is InChI=1S/C19H17N3O3S/c1-21(19-20-15-8-7-12(25-2)11-16(15)26-19)9-10-22-17(23)13-5-3-4-6-14(13)18(22)24/h3-8,11H,9-10H2,1-2H3. The number of aromatic nitrogens is 1.